The summed E-state index contributed by atoms with van der Waals surface area (Å²) in [6, 6.07) is 9.59. The average Bonchev–Trinajstić information content (AvgIpc) is 2.68. The van der Waals surface area contributed by atoms with E-state index in [0.29, 0.717) is 11.4 Å². The number of hydrogen-bond acceptors (Lipinski definition) is 4. The molecule has 1 aliphatic heterocycles. The van der Waals surface area contributed by atoms with E-state index in [4.69, 9.17) is 4.74 Å². The lowest BCUT2D eigenvalue weighted by atomic mass is 10.2. The maximum Gasteiger partial charge on any atom is 0.316 e. The molecule has 1 aliphatic rings. The van der Waals surface area contributed by atoms with Crippen LogP contribution in [0.25, 0.3) is 0 Å². The van der Waals surface area contributed by atoms with E-state index in [0.717, 1.165) is 21.9 Å². The standard InChI is InChI=1S/C19H17F2N3O4/c1-28-14-5-2-12(3-6-14)22-17(25)11-23-8-9-24(19(27)18(23)26)13-4-7-15(20)16(21)10-13/h2-7,10H,8-9,11H2,1H3,(H,22,25). The molecule has 0 unspecified atom stereocenters. The highest BCUT2D eigenvalue weighted by molar-refractivity contribution is 6.41. The topological polar surface area (TPSA) is 79.0 Å². The van der Waals surface area contributed by atoms with Crippen molar-refractivity contribution in [2.75, 3.05) is 37.0 Å². The maximum atomic E-state index is 13.4. The summed E-state index contributed by atoms with van der Waals surface area (Å²) in [4.78, 5) is 39.0. The maximum absolute atomic E-state index is 13.4. The smallest absolute Gasteiger partial charge is 0.316 e. The van der Waals surface area contributed by atoms with Gasteiger partial charge in [-0.1, -0.05) is 0 Å². The Morgan fingerprint density at radius 3 is 2.39 bits per heavy atom. The zero-order valence-corrected chi connectivity index (χ0v) is 14.9. The first-order valence-corrected chi connectivity index (χ1v) is 8.39. The minimum atomic E-state index is -1.11. The van der Waals surface area contributed by atoms with E-state index < -0.39 is 29.4 Å². The number of benzene rings is 2. The number of carbonyl (C=O) groups excluding carboxylic acids is 3. The van der Waals surface area contributed by atoms with Gasteiger partial charge in [-0.3, -0.25) is 14.4 Å². The van der Waals surface area contributed by atoms with Gasteiger partial charge in [0.05, 0.1) is 7.11 Å². The number of piperazine rings is 1. The predicted molar refractivity (Wildman–Crippen MR) is 96.9 cm³/mol. The second kappa shape index (κ2) is 8.03. The lowest BCUT2D eigenvalue weighted by Crippen LogP contribution is -2.56. The van der Waals surface area contributed by atoms with Crippen molar-refractivity contribution in [1.29, 1.82) is 0 Å². The molecule has 0 saturated carbocycles. The first-order chi connectivity index (χ1) is 13.4. The molecule has 1 saturated heterocycles. The fourth-order valence-electron chi connectivity index (χ4n) is 2.77. The van der Waals surface area contributed by atoms with Crippen LogP contribution in [0.2, 0.25) is 0 Å². The first-order valence-electron chi connectivity index (χ1n) is 8.39. The van der Waals surface area contributed by atoms with E-state index >= 15 is 0 Å². The second-order valence-electron chi connectivity index (χ2n) is 6.06. The highest BCUT2D eigenvalue weighted by atomic mass is 19.2. The molecule has 0 aromatic heterocycles. The number of halogens is 2. The highest BCUT2D eigenvalue weighted by Crippen LogP contribution is 2.21. The molecular weight excluding hydrogens is 372 g/mol. The van der Waals surface area contributed by atoms with Gasteiger partial charge in [-0.2, -0.15) is 0 Å². The van der Waals surface area contributed by atoms with Gasteiger partial charge in [-0.15, -0.1) is 0 Å². The number of nitrogens with one attached hydrogen (secondary N) is 1. The molecule has 0 atom stereocenters. The molecule has 0 aliphatic carbocycles. The molecule has 3 amide bonds. The molecule has 1 heterocycles. The number of carbonyl (C=O) groups is 3. The van der Waals surface area contributed by atoms with E-state index in [1.54, 1.807) is 24.3 Å². The third kappa shape index (κ3) is 4.08. The molecular formula is C19H17F2N3O4. The Bertz CT molecular complexity index is 918. The zero-order valence-electron chi connectivity index (χ0n) is 14.9. The van der Waals surface area contributed by atoms with E-state index in [1.807, 2.05) is 0 Å². The van der Waals surface area contributed by atoms with Gasteiger partial charge < -0.3 is 19.9 Å². The molecule has 0 bridgehead atoms. The Morgan fingerprint density at radius 2 is 1.75 bits per heavy atom. The number of ether oxygens (including phenoxy) is 1. The van der Waals surface area contributed by atoms with E-state index in [1.165, 1.54) is 13.2 Å². The van der Waals surface area contributed by atoms with Gasteiger partial charge in [0.25, 0.3) is 0 Å². The molecule has 0 spiro atoms. The summed E-state index contributed by atoms with van der Waals surface area (Å²) in [5.74, 6) is -3.79. The van der Waals surface area contributed by atoms with Crippen molar-refractivity contribution in [2.24, 2.45) is 0 Å². The van der Waals surface area contributed by atoms with Crippen molar-refractivity contribution >= 4 is 29.1 Å². The van der Waals surface area contributed by atoms with Crippen LogP contribution in [0.4, 0.5) is 20.2 Å². The van der Waals surface area contributed by atoms with Crippen molar-refractivity contribution in [3.05, 3.63) is 54.1 Å². The Kier molecular flexibility index (Phi) is 5.53. The Labute approximate surface area is 159 Å². The average molecular weight is 389 g/mol. The number of amides is 3. The lowest BCUT2D eigenvalue weighted by Gasteiger charge is -2.33. The van der Waals surface area contributed by atoms with Gasteiger partial charge in [-0.25, -0.2) is 8.78 Å². The molecule has 2 aromatic rings. The highest BCUT2D eigenvalue weighted by Gasteiger charge is 2.34. The quantitative estimate of drug-likeness (QED) is 0.791. The van der Waals surface area contributed by atoms with Crippen LogP contribution in [0.3, 0.4) is 0 Å². The third-order valence-electron chi connectivity index (χ3n) is 4.23. The molecule has 2 aromatic carbocycles. The number of anilines is 2. The summed E-state index contributed by atoms with van der Waals surface area (Å²) < 4.78 is 31.5. The van der Waals surface area contributed by atoms with Gasteiger partial charge >= 0.3 is 11.8 Å². The summed E-state index contributed by atoms with van der Waals surface area (Å²) in [6.45, 7) is -0.159. The van der Waals surface area contributed by atoms with Crippen LogP contribution in [0.5, 0.6) is 5.75 Å². The Hall–Kier alpha value is -3.49. The minimum absolute atomic E-state index is 0.0610. The van der Waals surface area contributed by atoms with Crippen LogP contribution in [0.1, 0.15) is 0 Å². The van der Waals surface area contributed by atoms with Crippen molar-refractivity contribution in [1.82, 2.24) is 4.90 Å². The molecule has 9 heteroatoms. The van der Waals surface area contributed by atoms with Gasteiger partial charge in [0.1, 0.15) is 12.3 Å². The number of nitrogens with zero attached hydrogens (tertiary/aromatic N) is 2. The van der Waals surface area contributed by atoms with Crippen molar-refractivity contribution in [3.63, 3.8) is 0 Å². The largest absolute Gasteiger partial charge is 0.497 e. The molecule has 7 nitrogen and oxygen atoms in total. The fourth-order valence-corrected chi connectivity index (χ4v) is 2.77. The van der Waals surface area contributed by atoms with Gasteiger partial charge in [0, 0.05) is 30.5 Å². The first kappa shape index (κ1) is 19.3. The Balaban J connectivity index is 1.62. The van der Waals surface area contributed by atoms with Crippen LogP contribution in [-0.2, 0) is 14.4 Å². The fraction of sp³-hybridized carbons (Fsp3) is 0.211. The number of methoxy groups -OCH3 is 1. The van der Waals surface area contributed by atoms with Crippen molar-refractivity contribution in [3.8, 4) is 5.75 Å². The Morgan fingerprint density at radius 1 is 1.04 bits per heavy atom. The van der Waals surface area contributed by atoms with E-state index in [-0.39, 0.29) is 25.3 Å². The van der Waals surface area contributed by atoms with Gasteiger partial charge in [0.2, 0.25) is 5.91 Å². The minimum Gasteiger partial charge on any atom is -0.497 e. The zero-order chi connectivity index (χ0) is 20.3. The van der Waals surface area contributed by atoms with Crippen LogP contribution in [-0.4, -0.2) is 49.4 Å². The van der Waals surface area contributed by atoms with E-state index in [2.05, 4.69) is 5.32 Å². The summed E-state index contributed by atoms with van der Waals surface area (Å²) in [6.07, 6.45) is 0. The molecule has 28 heavy (non-hydrogen) atoms. The summed E-state index contributed by atoms with van der Waals surface area (Å²) in [7, 11) is 1.52. The summed E-state index contributed by atoms with van der Waals surface area (Å²) >= 11 is 0. The molecule has 1 N–H and O–H groups in total. The second-order valence-corrected chi connectivity index (χ2v) is 6.06. The lowest BCUT2D eigenvalue weighted by molar-refractivity contribution is -0.147. The molecule has 146 valence electrons. The van der Waals surface area contributed by atoms with Crippen molar-refractivity contribution < 1.29 is 27.9 Å². The molecule has 1 fully saturated rings. The van der Waals surface area contributed by atoms with Crippen LogP contribution in [0.15, 0.2) is 42.5 Å². The predicted octanol–water partition coefficient (Wildman–Crippen LogP) is 1.79. The van der Waals surface area contributed by atoms with Crippen molar-refractivity contribution in [2.45, 2.75) is 0 Å². The third-order valence-corrected chi connectivity index (χ3v) is 4.23. The molecule has 3 rings (SSSR count). The van der Waals surface area contributed by atoms with Crippen LogP contribution >= 0.6 is 0 Å². The van der Waals surface area contributed by atoms with E-state index in [9.17, 15) is 23.2 Å². The van der Waals surface area contributed by atoms with Gasteiger partial charge in [-0.05, 0) is 36.4 Å². The monoisotopic (exact) mass is 389 g/mol. The number of rotatable bonds is 5. The normalized spacial score (nSPS) is 14.2. The summed E-state index contributed by atoms with van der Waals surface area (Å²) in [5.41, 5.74) is 0.601. The van der Waals surface area contributed by atoms with Crippen LogP contribution in [0, 0.1) is 11.6 Å². The molecule has 0 radical (unpaired) electrons. The van der Waals surface area contributed by atoms with Crippen LogP contribution < -0.4 is 15.0 Å². The number of hydrogen-bond donors (Lipinski definition) is 1. The SMILES string of the molecule is COc1ccc(NC(=O)CN2CCN(c3ccc(F)c(F)c3)C(=O)C2=O)cc1. The summed E-state index contributed by atoms with van der Waals surface area (Å²) in [5, 5.41) is 2.63. The van der Waals surface area contributed by atoms with Gasteiger partial charge in [0.15, 0.2) is 11.6 Å².